The number of nitrogens with zero attached hydrogens (tertiary/aromatic N) is 6. The summed E-state index contributed by atoms with van der Waals surface area (Å²) >= 11 is 0. The van der Waals surface area contributed by atoms with Gasteiger partial charge in [-0.1, -0.05) is 82.6 Å². The zero-order valence-electron chi connectivity index (χ0n) is 21.9. The first-order valence-corrected chi connectivity index (χ1v) is 12.3. The van der Waals surface area contributed by atoms with E-state index in [2.05, 4.69) is 78.7 Å². The highest BCUT2D eigenvalue weighted by molar-refractivity contribution is 5.80. The minimum atomic E-state index is -0.954. The first kappa shape index (κ1) is 25.7. The molecule has 0 aliphatic heterocycles. The Morgan fingerprint density at radius 1 is 0.944 bits per heavy atom. The number of rotatable bonds is 10. The van der Waals surface area contributed by atoms with Crippen LogP contribution in [0.2, 0.25) is 0 Å². The third kappa shape index (κ3) is 5.22. The van der Waals surface area contributed by atoms with Crippen LogP contribution in [-0.2, 0) is 27.2 Å². The highest BCUT2D eigenvalue weighted by Gasteiger charge is 2.38. The molecular weight excluding hydrogens is 454 g/mol. The van der Waals surface area contributed by atoms with Gasteiger partial charge in [0.05, 0.1) is 6.54 Å². The molecule has 2 aromatic heterocycles. The second-order valence-electron chi connectivity index (χ2n) is 9.91. The zero-order valence-corrected chi connectivity index (χ0v) is 21.9. The van der Waals surface area contributed by atoms with Gasteiger partial charge >= 0.3 is 0 Å². The third-order valence-electron chi connectivity index (χ3n) is 6.31. The quantitative estimate of drug-likeness (QED) is 0.309. The first-order valence-electron chi connectivity index (χ1n) is 12.3. The van der Waals surface area contributed by atoms with Crippen molar-refractivity contribution in [2.45, 2.75) is 64.7 Å². The predicted octanol–water partition coefficient (Wildman–Crippen LogP) is 5.11. The second-order valence-corrected chi connectivity index (χ2v) is 9.91. The molecule has 9 nitrogen and oxygen atoms in total. The van der Waals surface area contributed by atoms with E-state index in [1.807, 2.05) is 22.9 Å². The Morgan fingerprint density at radius 3 is 2.22 bits per heavy atom. The van der Waals surface area contributed by atoms with Gasteiger partial charge < -0.3 is 9.47 Å². The number of hydrogen-bond acceptors (Lipinski definition) is 7. The summed E-state index contributed by atoms with van der Waals surface area (Å²) in [5.74, 6) is 1.07. The molecule has 2 aromatic carbocycles. The molecule has 0 spiro atoms. The summed E-state index contributed by atoms with van der Waals surface area (Å²) in [5.41, 5.74) is 3.97. The Bertz CT molecular complexity index is 1250. The van der Waals surface area contributed by atoms with Gasteiger partial charge in [-0.3, -0.25) is 0 Å². The fourth-order valence-electron chi connectivity index (χ4n) is 4.33. The monoisotopic (exact) mass is 489 g/mol. The zero-order chi connectivity index (χ0) is 25.8. The minimum Gasteiger partial charge on any atom is -0.347 e. The number of ether oxygens (including phenoxy) is 2. The molecule has 0 aliphatic carbocycles. The molecule has 0 amide bonds. The maximum Gasteiger partial charge on any atom is 0.231 e. The summed E-state index contributed by atoms with van der Waals surface area (Å²) in [6.07, 6.45) is 2.68. The van der Waals surface area contributed by atoms with E-state index in [9.17, 15) is 0 Å². The van der Waals surface area contributed by atoms with Gasteiger partial charge in [-0.15, -0.1) is 15.3 Å². The molecule has 0 fully saturated rings. The van der Waals surface area contributed by atoms with Crippen molar-refractivity contribution in [2.75, 3.05) is 14.2 Å². The van der Waals surface area contributed by atoms with Crippen LogP contribution in [0.25, 0.3) is 22.5 Å². The van der Waals surface area contributed by atoms with Crippen LogP contribution >= 0.6 is 0 Å². The molecule has 0 bridgehead atoms. The fourth-order valence-corrected chi connectivity index (χ4v) is 4.33. The maximum atomic E-state index is 5.84. The van der Waals surface area contributed by atoms with E-state index >= 15 is 0 Å². The maximum absolute atomic E-state index is 5.84. The van der Waals surface area contributed by atoms with Gasteiger partial charge in [0.2, 0.25) is 17.4 Å². The standard InChI is InChI=1S/C27H35N7O2/c1-7-8-17-27(35-5,36-6)24-28-25(26(2,3)4)34(31-24)18-19-13-15-20(16-14-19)21-11-9-10-12-22(21)23-29-32-33-30-23/h9-16H,7-8,17-18H2,1-6H3,(H,29,30,32,33). The number of H-pyrrole nitrogens is 1. The highest BCUT2D eigenvalue weighted by atomic mass is 16.7. The molecule has 36 heavy (non-hydrogen) atoms. The van der Waals surface area contributed by atoms with E-state index in [4.69, 9.17) is 19.6 Å². The molecule has 2 heterocycles. The first-order chi connectivity index (χ1) is 17.3. The van der Waals surface area contributed by atoms with E-state index in [0.29, 0.717) is 24.6 Å². The number of aromatic nitrogens is 7. The Hall–Kier alpha value is -3.43. The number of unbranched alkanes of at least 4 members (excludes halogenated alkanes) is 1. The molecule has 0 atom stereocenters. The average molecular weight is 490 g/mol. The molecule has 4 aromatic rings. The number of hydrogen-bond donors (Lipinski definition) is 1. The van der Waals surface area contributed by atoms with E-state index < -0.39 is 5.79 Å². The van der Waals surface area contributed by atoms with Crippen LogP contribution < -0.4 is 0 Å². The van der Waals surface area contributed by atoms with Crippen molar-refractivity contribution in [1.29, 1.82) is 0 Å². The van der Waals surface area contributed by atoms with Crippen molar-refractivity contribution < 1.29 is 9.47 Å². The highest BCUT2D eigenvalue weighted by Crippen LogP contribution is 2.33. The molecule has 4 rings (SSSR count). The number of aromatic amines is 1. The fraction of sp³-hybridized carbons (Fsp3) is 0.444. The van der Waals surface area contributed by atoms with Crippen molar-refractivity contribution in [3.8, 4) is 22.5 Å². The summed E-state index contributed by atoms with van der Waals surface area (Å²) in [6.45, 7) is 9.16. The molecule has 9 heteroatoms. The van der Waals surface area contributed by atoms with Gasteiger partial charge in [0.1, 0.15) is 5.82 Å². The largest absolute Gasteiger partial charge is 0.347 e. The summed E-state index contributed by atoms with van der Waals surface area (Å²) in [5, 5.41) is 19.4. The lowest BCUT2D eigenvalue weighted by molar-refractivity contribution is -0.226. The molecule has 0 saturated carbocycles. The van der Waals surface area contributed by atoms with Crippen molar-refractivity contribution in [3.63, 3.8) is 0 Å². The van der Waals surface area contributed by atoms with E-state index in [1.54, 1.807) is 14.2 Å². The summed E-state index contributed by atoms with van der Waals surface area (Å²) in [6, 6.07) is 16.5. The Balaban J connectivity index is 1.65. The smallest absolute Gasteiger partial charge is 0.231 e. The molecule has 1 N–H and O–H groups in total. The number of benzene rings is 2. The van der Waals surface area contributed by atoms with Crippen LogP contribution in [0.5, 0.6) is 0 Å². The van der Waals surface area contributed by atoms with Gasteiger partial charge in [0.15, 0.2) is 0 Å². The SMILES string of the molecule is CCCCC(OC)(OC)c1nc(C(C)(C)C)n(Cc2ccc(-c3ccccc3-c3nn[nH]n3)cc2)n1. The summed E-state index contributed by atoms with van der Waals surface area (Å²) in [7, 11) is 3.31. The molecular formula is C27H35N7O2. The molecule has 0 saturated heterocycles. The van der Waals surface area contributed by atoms with Gasteiger partial charge in [-0.05, 0) is 28.3 Å². The topological polar surface area (TPSA) is 104 Å². The van der Waals surface area contributed by atoms with Crippen molar-refractivity contribution in [2.24, 2.45) is 0 Å². The Labute approximate surface area is 212 Å². The van der Waals surface area contributed by atoms with Crippen LogP contribution in [0.3, 0.4) is 0 Å². The van der Waals surface area contributed by atoms with E-state index in [1.165, 1.54) is 0 Å². The van der Waals surface area contributed by atoms with Gasteiger partial charge in [-0.2, -0.15) is 5.21 Å². The second kappa shape index (κ2) is 10.7. The normalized spacial score (nSPS) is 12.3. The van der Waals surface area contributed by atoms with E-state index in [-0.39, 0.29) is 5.41 Å². The lowest BCUT2D eigenvalue weighted by Gasteiger charge is -2.27. The molecule has 0 unspecified atom stereocenters. The third-order valence-corrected chi connectivity index (χ3v) is 6.31. The summed E-state index contributed by atoms with van der Waals surface area (Å²) < 4.78 is 13.6. The van der Waals surface area contributed by atoms with E-state index in [0.717, 1.165) is 40.9 Å². The van der Waals surface area contributed by atoms with Crippen molar-refractivity contribution in [3.05, 3.63) is 65.7 Å². The lowest BCUT2D eigenvalue weighted by atomic mass is 9.95. The number of nitrogens with one attached hydrogen (secondary N) is 1. The van der Waals surface area contributed by atoms with Crippen LogP contribution in [0.4, 0.5) is 0 Å². The van der Waals surface area contributed by atoms with Crippen LogP contribution in [0.15, 0.2) is 48.5 Å². The van der Waals surface area contributed by atoms with Gasteiger partial charge in [-0.25, -0.2) is 9.67 Å². The predicted molar refractivity (Wildman–Crippen MR) is 138 cm³/mol. The minimum absolute atomic E-state index is 0.202. The number of methoxy groups -OCH3 is 2. The molecule has 0 aliphatic rings. The van der Waals surface area contributed by atoms with Crippen molar-refractivity contribution in [1.82, 2.24) is 35.4 Å². The Kier molecular flexibility index (Phi) is 7.61. The van der Waals surface area contributed by atoms with Crippen molar-refractivity contribution >= 4 is 0 Å². The van der Waals surface area contributed by atoms with Crippen LogP contribution in [0.1, 0.15) is 64.2 Å². The van der Waals surface area contributed by atoms with Crippen LogP contribution in [0, 0.1) is 0 Å². The number of tetrazole rings is 1. The molecule has 190 valence electrons. The Morgan fingerprint density at radius 2 is 1.64 bits per heavy atom. The lowest BCUT2D eigenvalue weighted by Crippen LogP contribution is -2.32. The molecule has 0 radical (unpaired) electrons. The van der Waals surface area contributed by atoms with Gasteiger partial charge in [0.25, 0.3) is 0 Å². The van der Waals surface area contributed by atoms with Gasteiger partial charge in [0, 0.05) is 31.6 Å². The summed E-state index contributed by atoms with van der Waals surface area (Å²) in [4.78, 5) is 4.93. The van der Waals surface area contributed by atoms with Crippen LogP contribution in [-0.4, -0.2) is 49.6 Å². The average Bonchev–Trinajstić information content (AvgIpc) is 3.57.